The van der Waals surface area contributed by atoms with Crippen LogP contribution in [0.1, 0.15) is 29.7 Å². The lowest BCUT2D eigenvalue weighted by molar-refractivity contribution is -0.137. The SMILES string of the molecule is CC(NC(=N)/C(C(=N)C(F)(F)F)=C1/NCCN1Cc1ccc(C(F)(F)F)cc1)c1ccc(Br)cc1. The van der Waals surface area contributed by atoms with Crippen molar-refractivity contribution in [2.24, 2.45) is 0 Å². The third kappa shape index (κ3) is 6.56. The molecule has 12 heteroatoms. The summed E-state index contributed by atoms with van der Waals surface area (Å²) in [4.78, 5) is 1.48. The Labute approximate surface area is 206 Å². The number of amidine groups is 1. The first kappa shape index (κ1) is 26.6. The molecule has 0 radical (unpaired) electrons. The summed E-state index contributed by atoms with van der Waals surface area (Å²) in [6, 6.07) is 10.8. The molecule has 188 valence electrons. The minimum atomic E-state index is -5.01. The topological polar surface area (TPSA) is 75.0 Å². The van der Waals surface area contributed by atoms with Gasteiger partial charge < -0.3 is 15.5 Å². The van der Waals surface area contributed by atoms with Crippen LogP contribution in [0.25, 0.3) is 0 Å². The number of benzene rings is 2. The van der Waals surface area contributed by atoms with Gasteiger partial charge in [-0.25, -0.2) is 0 Å². The molecule has 0 bridgehead atoms. The van der Waals surface area contributed by atoms with Gasteiger partial charge in [0.2, 0.25) is 0 Å². The van der Waals surface area contributed by atoms with Crippen LogP contribution in [-0.2, 0) is 12.7 Å². The zero-order chi connectivity index (χ0) is 26.0. The summed E-state index contributed by atoms with van der Waals surface area (Å²) in [5, 5.41) is 21.7. The maximum atomic E-state index is 13.6. The maximum absolute atomic E-state index is 13.6. The number of alkyl halides is 6. The molecule has 2 aromatic carbocycles. The first-order valence-electron chi connectivity index (χ1n) is 10.4. The van der Waals surface area contributed by atoms with Crippen molar-refractivity contribution >= 4 is 27.5 Å². The summed E-state index contributed by atoms with van der Waals surface area (Å²) in [6.45, 7) is 2.19. The van der Waals surface area contributed by atoms with Crippen LogP contribution in [0.3, 0.4) is 0 Å². The van der Waals surface area contributed by atoms with Crippen molar-refractivity contribution in [2.75, 3.05) is 13.1 Å². The molecule has 1 aliphatic rings. The minimum absolute atomic E-state index is 0.00462. The van der Waals surface area contributed by atoms with Crippen molar-refractivity contribution in [3.8, 4) is 0 Å². The Hall–Kier alpha value is -3.02. The number of nitrogens with zero attached hydrogens (tertiary/aromatic N) is 1. The van der Waals surface area contributed by atoms with Gasteiger partial charge in [-0.15, -0.1) is 0 Å². The zero-order valence-corrected chi connectivity index (χ0v) is 20.0. The van der Waals surface area contributed by atoms with Crippen molar-refractivity contribution in [3.05, 3.63) is 81.1 Å². The van der Waals surface area contributed by atoms with Gasteiger partial charge in [-0.1, -0.05) is 40.2 Å². The van der Waals surface area contributed by atoms with E-state index in [0.29, 0.717) is 5.56 Å². The van der Waals surface area contributed by atoms with E-state index in [4.69, 9.17) is 10.8 Å². The van der Waals surface area contributed by atoms with Crippen LogP contribution in [0.2, 0.25) is 0 Å². The molecular weight excluding hydrogens is 540 g/mol. The number of hydrogen-bond donors (Lipinski definition) is 4. The fourth-order valence-electron chi connectivity index (χ4n) is 3.58. The van der Waals surface area contributed by atoms with Crippen LogP contribution in [0.4, 0.5) is 26.3 Å². The second kappa shape index (κ2) is 10.3. The van der Waals surface area contributed by atoms with Crippen LogP contribution in [0.5, 0.6) is 0 Å². The molecule has 0 amide bonds. The molecule has 3 rings (SSSR count). The summed E-state index contributed by atoms with van der Waals surface area (Å²) in [6.07, 6.45) is -9.51. The van der Waals surface area contributed by atoms with E-state index >= 15 is 0 Å². The highest BCUT2D eigenvalue weighted by Crippen LogP contribution is 2.30. The Kier molecular flexibility index (Phi) is 7.83. The van der Waals surface area contributed by atoms with E-state index in [0.717, 1.165) is 22.2 Å². The fourth-order valence-corrected chi connectivity index (χ4v) is 3.85. The Morgan fingerprint density at radius 3 is 2.17 bits per heavy atom. The van der Waals surface area contributed by atoms with Crippen LogP contribution in [-0.4, -0.2) is 35.7 Å². The van der Waals surface area contributed by atoms with Gasteiger partial charge in [-0.2, -0.15) is 26.3 Å². The first-order valence-corrected chi connectivity index (χ1v) is 11.2. The Morgan fingerprint density at radius 1 is 1.03 bits per heavy atom. The fraction of sp³-hybridized carbons (Fsp3) is 0.304. The van der Waals surface area contributed by atoms with E-state index in [-0.39, 0.29) is 25.5 Å². The largest absolute Gasteiger partial charge is 0.433 e. The molecule has 1 unspecified atom stereocenters. The summed E-state index contributed by atoms with van der Waals surface area (Å²) in [7, 11) is 0. The average molecular weight is 562 g/mol. The predicted octanol–water partition coefficient (Wildman–Crippen LogP) is 5.99. The maximum Gasteiger partial charge on any atom is 0.433 e. The van der Waals surface area contributed by atoms with E-state index in [9.17, 15) is 26.3 Å². The van der Waals surface area contributed by atoms with E-state index in [1.54, 1.807) is 31.2 Å². The normalized spacial score (nSPS) is 16.5. The Morgan fingerprint density at radius 2 is 1.63 bits per heavy atom. The molecule has 0 aromatic heterocycles. The lowest BCUT2D eigenvalue weighted by atomic mass is 10.0. The molecule has 1 atom stereocenters. The van der Waals surface area contributed by atoms with Crippen LogP contribution in [0.15, 0.2) is 64.4 Å². The minimum Gasteiger partial charge on any atom is -0.369 e. The molecule has 0 saturated carbocycles. The Balaban J connectivity index is 1.91. The molecule has 2 aromatic rings. The second-order valence-electron chi connectivity index (χ2n) is 7.93. The summed E-state index contributed by atoms with van der Waals surface area (Å²) in [5.74, 6) is -0.669. The van der Waals surface area contributed by atoms with Crippen molar-refractivity contribution in [3.63, 3.8) is 0 Å². The van der Waals surface area contributed by atoms with Crippen molar-refractivity contribution in [1.82, 2.24) is 15.5 Å². The van der Waals surface area contributed by atoms with Gasteiger partial charge in [0.05, 0.1) is 11.1 Å². The lowest BCUT2D eigenvalue weighted by Crippen LogP contribution is -2.39. The van der Waals surface area contributed by atoms with Gasteiger partial charge in [0, 0.05) is 30.1 Å². The number of hydrogen-bond acceptors (Lipinski definition) is 4. The van der Waals surface area contributed by atoms with Gasteiger partial charge >= 0.3 is 12.4 Å². The van der Waals surface area contributed by atoms with Crippen molar-refractivity contribution in [1.29, 1.82) is 10.8 Å². The van der Waals surface area contributed by atoms with E-state index < -0.39 is 41.1 Å². The smallest absolute Gasteiger partial charge is 0.369 e. The highest BCUT2D eigenvalue weighted by molar-refractivity contribution is 9.10. The highest BCUT2D eigenvalue weighted by Gasteiger charge is 2.41. The molecule has 1 aliphatic heterocycles. The van der Waals surface area contributed by atoms with Gasteiger partial charge in [0.1, 0.15) is 11.7 Å². The highest BCUT2D eigenvalue weighted by atomic mass is 79.9. The summed E-state index contributed by atoms with van der Waals surface area (Å²) >= 11 is 3.31. The first-order chi connectivity index (χ1) is 16.3. The number of halogens is 7. The molecule has 0 aliphatic carbocycles. The van der Waals surface area contributed by atoms with E-state index in [1.165, 1.54) is 17.0 Å². The third-order valence-electron chi connectivity index (χ3n) is 5.40. The van der Waals surface area contributed by atoms with Gasteiger partial charge in [0.15, 0.2) is 5.71 Å². The van der Waals surface area contributed by atoms with Crippen molar-refractivity contribution < 1.29 is 26.3 Å². The van der Waals surface area contributed by atoms with Crippen LogP contribution < -0.4 is 10.6 Å². The molecule has 0 spiro atoms. The van der Waals surface area contributed by atoms with Crippen LogP contribution in [0, 0.1) is 10.8 Å². The monoisotopic (exact) mass is 561 g/mol. The third-order valence-corrected chi connectivity index (χ3v) is 5.92. The average Bonchev–Trinajstić information content (AvgIpc) is 3.21. The predicted molar refractivity (Wildman–Crippen MR) is 124 cm³/mol. The van der Waals surface area contributed by atoms with E-state index in [2.05, 4.69) is 26.6 Å². The molecular formula is C23H22BrF6N5. The Bertz CT molecular complexity index is 1110. The standard InChI is InChI=1S/C23H22BrF6N5/c1-13(15-4-8-17(24)9-5-15)34-20(32)18(19(31)23(28,29)30)21-33-10-11-35(21)12-14-2-6-16(7-3-14)22(25,26)27/h2-9,13,31,33H,10-12H2,1H3,(H2,32,34)/b21-18-,31-19?. The molecule has 1 heterocycles. The number of nitrogens with one attached hydrogen (secondary N) is 4. The molecule has 1 fully saturated rings. The molecule has 35 heavy (non-hydrogen) atoms. The zero-order valence-electron chi connectivity index (χ0n) is 18.4. The molecule has 1 saturated heterocycles. The van der Waals surface area contributed by atoms with Crippen LogP contribution >= 0.6 is 15.9 Å². The quantitative estimate of drug-likeness (QED) is 0.199. The van der Waals surface area contributed by atoms with Gasteiger partial charge in [0.25, 0.3) is 0 Å². The molecule has 4 N–H and O–H groups in total. The van der Waals surface area contributed by atoms with E-state index in [1.807, 2.05) is 0 Å². The second-order valence-corrected chi connectivity index (χ2v) is 8.85. The van der Waals surface area contributed by atoms with Gasteiger partial charge in [-0.3, -0.25) is 10.8 Å². The molecule has 5 nitrogen and oxygen atoms in total. The summed E-state index contributed by atoms with van der Waals surface area (Å²) in [5.41, 5.74) is -2.02. The van der Waals surface area contributed by atoms with Gasteiger partial charge in [-0.05, 0) is 42.3 Å². The summed E-state index contributed by atoms with van der Waals surface area (Å²) < 4.78 is 80.1. The van der Waals surface area contributed by atoms with Crippen molar-refractivity contribution in [2.45, 2.75) is 31.9 Å². The number of rotatable bonds is 6. The lowest BCUT2D eigenvalue weighted by Gasteiger charge is -2.26.